The van der Waals surface area contributed by atoms with E-state index in [1.807, 2.05) is 31.2 Å². The summed E-state index contributed by atoms with van der Waals surface area (Å²) in [7, 11) is 0. The van der Waals surface area contributed by atoms with Gasteiger partial charge in [0.25, 0.3) is 0 Å². The summed E-state index contributed by atoms with van der Waals surface area (Å²) in [6.45, 7) is 5.17. The molecule has 3 aromatic rings. The lowest BCUT2D eigenvalue weighted by atomic mass is 9.83. The largest absolute Gasteiger partial charge is 0.494 e. The van der Waals surface area contributed by atoms with Crippen molar-refractivity contribution in [2.75, 3.05) is 13.2 Å². The molecule has 0 aliphatic carbocycles. The summed E-state index contributed by atoms with van der Waals surface area (Å²) >= 11 is 0. The normalized spacial score (nSPS) is 14.3. The third-order valence-electron chi connectivity index (χ3n) is 5.76. The van der Waals surface area contributed by atoms with Crippen LogP contribution in [0, 0.1) is 11.3 Å². The van der Waals surface area contributed by atoms with Crippen molar-refractivity contribution >= 4 is 5.97 Å². The number of nitriles is 1. The Bertz CT molecular complexity index is 1310. The summed E-state index contributed by atoms with van der Waals surface area (Å²) in [5.41, 5.74) is 8.40. The van der Waals surface area contributed by atoms with E-state index < -0.39 is 11.9 Å². The lowest BCUT2D eigenvalue weighted by Crippen LogP contribution is -2.21. The number of carbonyl (C=O) groups is 1. The van der Waals surface area contributed by atoms with Crippen molar-refractivity contribution in [1.29, 1.82) is 5.26 Å². The van der Waals surface area contributed by atoms with Crippen molar-refractivity contribution in [3.05, 3.63) is 94.9 Å². The molecule has 3 aromatic carbocycles. The quantitative estimate of drug-likeness (QED) is 0.236. The molecule has 36 heavy (non-hydrogen) atoms. The number of benzene rings is 3. The molecule has 1 heterocycles. The fraction of sp³-hybridized carbons (Fsp3) is 0.241. The number of allylic oxidation sites excluding steroid dienone is 1. The van der Waals surface area contributed by atoms with Crippen LogP contribution >= 0.6 is 0 Å². The van der Waals surface area contributed by atoms with Crippen molar-refractivity contribution in [2.24, 2.45) is 5.73 Å². The van der Waals surface area contributed by atoms with Crippen LogP contribution in [0.4, 0.5) is 0 Å². The maximum atomic E-state index is 12.7. The molecular formula is C29H28N2O5. The summed E-state index contributed by atoms with van der Waals surface area (Å²) in [6, 6.07) is 21.6. The number of rotatable bonds is 9. The van der Waals surface area contributed by atoms with Crippen LogP contribution in [0.3, 0.4) is 0 Å². The first-order chi connectivity index (χ1) is 17.5. The molecule has 4 rings (SSSR count). The summed E-state index contributed by atoms with van der Waals surface area (Å²) in [5, 5.41) is 9.79. The first kappa shape index (κ1) is 24.7. The minimum Gasteiger partial charge on any atom is -0.494 e. The predicted molar refractivity (Wildman–Crippen MR) is 135 cm³/mol. The van der Waals surface area contributed by atoms with Gasteiger partial charge in [0.1, 0.15) is 34.6 Å². The maximum Gasteiger partial charge on any atom is 0.343 e. The minimum absolute atomic E-state index is 0.0129. The van der Waals surface area contributed by atoms with Gasteiger partial charge in [-0.1, -0.05) is 31.5 Å². The first-order valence-corrected chi connectivity index (χ1v) is 11.9. The molecule has 1 aliphatic heterocycles. The average molecular weight is 485 g/mol. The number of fused-ring (bicyclic) bond motifs is 1. The second-order valence-electron chi connectivity index (χ2n) is 8.25. The molecule has 0 fully saturated rings. The van der Waals surface area contributed by atoms with E-state index in [1.54, 1.807) is 42.5 Å². The van der Waals surface area contributed by atoms with Gasteiger partial charge in [0, 0.05) is 11.6 Å². The second kappa shape index (κ2) is 11.3. The zero-order valence-electron chi connectivity index (χ0n) is 20.3. The highest BCUT2D eigenvalue weighted by Gasteiger charge is 2.31. The molecule has 2 N–H and O–H groups in total. The molecular weight excluding hydrogens is 456 g/mol. The highest BCUT2D eigenvalue weighted by Crippen LogP contribution is 2.44. The van der Waals surface area contributed by atoms with Crippen molar-refractivity contribution in [1.82, 2.24) is 0 Å². The van der Waals surface area contributed by atoms with E-state index >= 15 is 0 Å². The average Bonchev–Trinajstić information content (AvgIpc) is 2.88. The van der Waals surface area contributed by atoms with Gasteiger partial charge in [0.2, 0.25) is 5.88 Å². The Morgan fingerprint density at radius 3 is 2.50 bits per heavy atom. The maximum absolute atomic E-state index is 12.7. The van der Waals surface area contributed by atoms with Crippen LogP contribution in [0.15, 0.2) is 78.2 Å². The van der Waals surface area contributed by atoms with E-state index in [-0.39, 0.29) is 5.88 Å². The molecule has 0 radical (unpaired) electrons. The fourth-order valence-corrected chi connectivity index (χ4v) is 3.98. The first-order valence-electron chi connectivity index (χ1n) is 11.9. The Kier molecular flexibility index (Phi) is 7.76. The van der Waals surface area contributed by atoms with E-state index in [9.17, 15) is 10.1 Å². The smallest absolute Gasteiger partial charge is 0.343 e. The van der Waals surface area contributed by atoms with E-state index in [1.165, 1.54) is 0 Å². The molecule has 1 unspecified atom stereocenters. The summed E-state index contributed by atoms with van der Waals surface area (Å²) < 4.78 is 22.6. The number of nitrogens with zero attached hydrogens (tertiary/aromatic N) is 1. The number of esters is 1. The number of carbonyl (C=O) groups excluding carboxylic acids is 1. The summed E-state index contributed by atoms with van der Waals surface area (Å²) in [6.07, 6.45) is 2.02. The van der Waals surface area contributed by atoms with Gasteiger partial charge >= 0.3 is 5.97 Å². The van der Waals surface area contributed by atoms with E-state index in [2.05, 4.69) is 13.0 Å². The van der Waals surface area contributed by atoms with Gasteiger partial charge in [-0.15, -0.1) is 0 Å². The Balaban J connectivity index is 1.56. The minimum atomic E-state index is -0.506. The second-order valence-corrected chi connectivity index (χ2v) is 8.25. The molecule has 0 saturated carbocycles. The van der Waals surface area contributed by atoms with Gasteiger partial charge in [0.05, 0.1) is 24.7 Å². The Morgan fingerprint density at radius 2 is 1.78 bits per heavy atom. The van der Waals surface area contributed by atoms with Crippen molar-refractivity contribution in [2.45, 2.75) is 32.6 Å². The molecule has 0 bridgehead atoms. The molecule has 0 amide bonds. The van der Waals surface area contributed by atoms with Crippen molar-refractivity contribution in [3.8, 4) is 29.1 Å². The van der Waals surface area contributed by atoms with Crippen LogP contribution in [0.5, 0.6) is 23.0 Å². The standard InChI is InChI=1S/C29H28N2O5/c1-3-5-15-34-21-11-9-19(10-12-21)29(32)35-23-13-14-24-26(17-23)36-28(31)25(18-30)27(24)20-7-6-8-22(16-20)33-4-2/h6-14,16-17,27H,3-5,15,31H2,1-2H3. The molecule has 0 spiro atoms. The molecule has 0 aromatic heterocycles. The third-order valence-corrected chi connectivity index (χ3v) is 5.76. The van der Waals surface area contributed by atoms with Crippen LogP contribution in [0.1, 0.15) is 54.1 Å². The fourth-order valence-electron chi connectivity index (χ4n) is 3.98. The number of hydrogen-bond donors (Lipinski definition) is 1. The topological polar surface area (TPSA) is 104 Å². The number of ether oxygens (including phenoxy) is 4. The highest BCUT2D eigenvalue weighted by atomic mass is 16.5. The molecule has 1 aliphatic rings. The van der Waals surface area contributed by atoms with Gasteiger partial charge < -0.3 is 24.7 Å². The van der Waals surface area contributed by atoms with E-state index in [0.717, 1.165) is 24.0 Å². The molecule has 0 saturated heterocycles. The number of unbranched alkanes of at least 4 members (excludes halogenated alkanes) is 1. The van der Waals surface area contributed by atoms with Gasteiger partial charge in [-0.2, -0.15) is 5.26 Å². The Hall–Kier alpha value is -4.44. The van der Waals surface area contributed by atoms with Crippen LogP contribution in [0.2, 0.25) is 0 Å². The van der Waals surface area contributed by atoms with Crippen LogP contribution in [0.25, 0.3) is 0 Å². The SMILES string of the molecule is CCCCOc1ccc(C(=O)Oc2ccc3c(c2)OC(N)=C(C#N)C3c2cccc(OCC)c2)cc1. The third kappa shape index (κ3) is 5.44. The highest BCUT2D eigenvalue weighted by molar-refractivity contribution is 5.91. The van der Waals surface area contributed by atoms with Crippen molar-refractivity contribution in [3.63, 3.8) is 0 Å². The van der Waals surface area contributed by atoms with Gasteiger partial charge in [-0.05, 0) is 61.4 Å². The van der Waals surface area contributed by atoms with Crippen molar-refractivity contribution < 1.29 is 23.7 Å². The van der Waals surface area contributed by atoms with Gasteiger partial charge in [0.15, 0.2) is 0 Å². The zero-order chi connectivity index (χ0) is 25.5. The lowest BCUT2D eigenvalue weighted by Gasteiger charge is -2.27. The molecule has 7 nitrogen and oxygen atoms in total. The lowest BCUT2D eigenvalue weighted by molar-refractivity contribution is 0.0734. The monoisotopic (exact) mass is 484 g/mol. The van der Waals surface area contributed by atoms with Crippen LogP contribution in [-0.4, -0.2) is 19.2 Å². The van der Waals surface area contributed by atoms with Crippen LogP contribution in [-0.2, 0) is 0 Å². The van der Waals surface area contributed by atoms with Gasteiger partial charge in [-0.3, -0.25) is 0 Å². The molecule has 184 valence electrons. The van der Waals surface area contributed by atoms with Gasteiger partial charge in [-0.25, -0.2) is 4.79 Å². The van der Waals surface area contributed by atoms with Crippen LogP contribution < -0.4 is 24.7 Å². The predicted octanol–water partition coefficient (Wildman–Crippen LogP) is 5.70. The Labute approximate surface area is 210 Å². The van der Waals surface area contributed by atoms with E-state index in [4.69, 9.17) is 24.7 Å². The number of nitrogens with two attached hydrogens (primary N) is 1. The van der Waals surface area contributed by atoms with E-state index in [0.29, 0.717) is 47.3 Å². The Morgan fingerprint density at radius 1 is 1.00 bits per heavy atom. The summed E-state index contributed by atoms with van der Waals surface area (Å²) in [5.74, 6) is 1.19. The zero-order valence-corrected chi connectivity index (χ0v) is 20.3. The molecule has 1 atom stereocenters. The number of hydrogen-bond acceptors (Lipinski definition) is 7. The summed E-state index contributed by atoms with van der Waals surface area (Å²) in [4.78, 5) is 12.7. The molecule has 7 heteroatoms.